The third kappa shape index (κ3) is 6.22. The van der Waals surface area contributed by atoms with Crippen LogP contribution in [0, 0.1) is 0 Å². The number of ether oxygens (including phenoxy) is 1. The summed E-state index contributed by atoms with van der Waals surface area (Å²) in [4.78, 5) is 24.4. The van der Waals surface area contributed by atoms with E-state index >= 15 is 0 Å². The summed E-state index contributed by atoms with van der Waals surface area (Å²) in [6, 6.07) is 20.5. The zero-order valence-corrected chi connectivity index (χ0v) is 20.8. The van der Waals surface area contributed by atoms with Gasteiger partial charge in [0.2, 0.25) is 5.91 Å². The molecular formula is C29H27ClN2O4. The Balaban J connectivity index is 1.56. The molecule has 184 valence electrons. The van der Waals surface area contributed by atoms with Gasteiger partial charge in [0.1, 0.15) is 11.9 Å². The first-order chi connectivity index (χ1) is 17.3. The minimum Gasteiger partial charge on any atom is -0.491 e. The van der Waals surface area contributed by atoms with Gasteiger partial charge in [-0.1, -0.05) is 54.1 Å². The lowest BCUT2D eigenvalue weighted by Gasteiger charge is -2.23. The van der Waals surface area contributed by atoms with Crippen LogP contribution < -0.4 is 15.4 Å². The number of fused-ring (bicyclic) bond motifs is 1. The molecular weight excluding hydrogens is 476 g/mol. The molecule has 0 fully saturated rings. The first-order valence-corrected chi connectivity index (χ1v) is 12.0. The Morgan fingerprint density at radius 1 is 1.08 bits per heavy atom. The molecule has 3 N–H and O–H groups in total. The lowest BCUT2D eigenvalue weighted by Crippen LogP contribution is -2.34. The van der Waals surface area contributed by atoms with Crippen molar-refractivity contribution in [2.75, 3.05) is 10.6 Å². The molecule has 0 spiro atoms. The maximum absolute atomic E-state index is 12.7. The van der Waals surface area contributed by atoms with Crippen LogP contribution in [0.4, 0.5) is 11.4 Å². The van der Waals surface area contributed by atoms with Crippen molar-refractivity contribution in [3.05, 3.63) is 107 Å². The maximum Gasteiger partial charge on any atom is 0.253 e. The van der Waals surface area contributed by atoms with Crippen molar-refractivity contribution in [2.45, 2.75) is 32.5 Å². The van der Waals surface area contributed by atoms with Gasteiger partial charge in [-0.15, -0.1) is 0 Å². The molecule has 0 saturated carbocycles. The van der Waals surface area contributed by atoms with E-state index in [4.69, 9.17) is 16.3 Å². The van der Waals surface area contributed by atoms with Crippen molar-refractivity contribution in [2.24, 2.45) is 0 Å². The number of rotatable bonds is 7. The summed E-state index contributed by atoms with van der Waals surface area (Å²) >= 11 is 6.08. The fourth-order valence-corrected chi connectivity index (χ4v) is 4.05. The fourth-order valence-electron chi connectivity index (χ4n) is 3.92. The number of aliphatic hydroxyl groups is 1. The number of nitrogens with one attached hydrogen (secondary N) is 2. The summed E-state index contributed by atoms with van der Waals surface area (Å²) in [7, 11) is 0. The molecule has 3 aromatic carbocycles. The Morgan fingerprint density at radius 2 is 1.75 bits per heavy atom. The van der Waals surface area contributed by atoms with Crippen LogP contribution in [0.5, 0.6) is 5.75 Å². The summed E-state index contributed by atoms with van der Waals surface area (Å²) in [5, 5.41) is 16.0. The SMILES string of the molecule is CC(C)Oc1ccc(/C(=C\C=C\C(=O)Nc2cccc3c2CC(O)C(=O)N3)c2ccc(Cl)cc2)cc1. The number of amides is 2. The number of hydrogen-bond donors (Lipinski definition) is 3. The van der Waals surface area contributed by atoms with Gasteiger partial charge in [0.15, 0.2) is 0 Å². The lowest BCUT2D eigenvalue weighted by molar-refractivity contribution is -0.124. The first-order valence-electron chi connectivity index (χ1n) is 11.6. The monoisotopic (exact) mass is 502 g/mol. The first kappa shape index (κ1) is 25.2. The van der Waals surface area contributed by atoms with E-state index < -0.39 is 12.0 Å². The number of carbonyl (C=O) groups excluding carboxylic acids is 2. The van der Waals surface area contributed by atoms with Gasteiger partial charge in [-0.25, -0.2) is 0 Å². The topological polar surface area (TPSA) is 87.7 Å². The van der Waals surface area contributed by atoms with Gasteiger partial charge in [0.05, 0.1) is 6.10 Å². The van der Waals surface area contributed by atoms with Crippen molar-refractivity contribution in [1.29, 1.82) is 0 Å². The van der Waals surface area contributed by atoms with E-state index in [1.165, 1.54) is 6.08 Å². The molecule has 2 amide bonds. The highest BCUT2D eigenvalue weighted by Gasteiger charge is 2.26. The second-order valence-corrected chi connectivity index (χ2v) is 9.10. The van der Waals surface area contributed by atoms with Gasteiger partial charge in [-0.05, 0) is 66.9 Å². The Labute approximate surface area is 215 Å². The highest BCUT2D eigenvalue weighted by Crippen LogP contribution is 2.30. The van der Waals surface area contributed by atoms with Gasteiger partial charge in [-0.3, -0.25) is 9.59 Å². The van der Waals surface area contributed by atoms with Gasteiger partial charge < -0.3 is 20.5 Å². The number of hydrogen-bond acceptors (Lipinski definition) is 4. The molecule has 0 aliphatic carbocycles. The van der Waals surface area contributed by atoms with Crippen LogP contribution >= 0.6 is 11.6 Å². The average Bonchev–Trinajstić information content (AvgIpc) is 2.84. The van der Waals surface area contributed by atoms with Crippen molar-refractivity contribution in [3.8, 4) is 5.75 Å². The van der Waals surface area contributed by atoms with E-state index in [0.717, 1.165) is 22.4 Å². The summed E-state index contributed by atoms with van der Waals surface area (Å²) < 4.78 is 5.75. The molecule has 0 saturated heterocycles. The van der Waals surface area contributed by atoms with Crippen molar-refractivity contribution >= 4 is 40.4 Å². The summed E-state index contributed by atoms with van der Waals surface area (Å²) in [5.41, 5.74) is 4.64. The smallest absolute Gasteiger partial charge is 0.253 e. The van der Waals surface area contributed by atoms with E-state index in [9.17, 15) is 14.7 Å². The summed E-state index contributed by atoms with van der Waals surface area (Å²) in [6.45, 7) is 3.96. The zero-order valence-electron chi connectivity index (χ0n) is 20.0. The molecule has 3 aromatic rings. The number of anilines is 2. The molecule has 1 heterocycles. The van der Waals surface area contributed by atoms with Crippen molar-refractivity contribution in [3.63, 3.8) is 0 Å². The second-order valence-electron chi connectivity index (χ2n) is 8.67. The molecule has 6 nitrogen and oxygen atoms in total. The standard InChI is InChI=1S/C29H27ClN2O4/c1-18(2)36-22-15-11-20(12-16-22)23(19-9-13-21(30)14-10-19)5-3-8-28(34)31-25-6-4-7-26-24(25)17-27(33)29(35)32-26/h3-16,18,27,33H,17H2,1-2H3,(H,31,34)(H,32,35)/b8-3+,23-5-. The van der Waals surface area contributed by atoms with Crippen molar-refractivity contribution in [1.82, 2.24) is 0 Å². The highest BCUT2D eigenvalue weighted by atomic mass is 35.5. The fraction of sp³-hybridized carbons (Fsp3) is 0.172. The van der Waals surface area contributed by atoms with Crippen molar-refractivity contribution < 1.29 is 19.4 Å². The third-order valence-electron chi connectivity index (χ3n) is 5.59. The predicted octanol–water partition coefficient (Wildman–Crippen LogP) is 5.61. The third-order valence-corrected chi connectivity index (χ3v) is 5.85. The van der Waals surface area contributed by atoms with E-state index in [2.05, 4.69) is 10.6 Å². The molecule has 7 heteroatoms. The number of benzene rings is 3. The van der Waals surface area contributed by atoms with Crippen LogP contribution in [0.3, 0.4) is 0 Å². The summed E-state index contributed by atoms with van der Waals surface area (Å²) in [5.74, 6) is 0.00310. The second kappa shape index (κ2) is 11.2. The van der Waals surface area contributed by atoms with Gasteiger partial charge in [-0.2, -0.15) is 0 Å². The molecule has 0 aromatic heterocycles. The van der Waals surface area contributed by atoms with Crippen LogP contribution in [0.25, 0.3) is 5.57 Å². The van der Waals surface area contributed by atoms with E-state index in [1.54, 1.807) is 24.3 Å². The van der Waals surface area contributed by atoms with E-state index in [0.29, 0.717) is 22.0 Å². The number of carbonyl (C=O) groups is 2. The maximum atomic E-state index is 12.7. The molecule has 4 rings (SSSR count). The Kier molecular flexibility index (Phi) is 7.88. The lowest BCUT2D eigenvalue weighted by atomic mass is 9.97. The molecule has 1 aliphatic rings. The van der Waals surface area contributed by atoms with Crippen LogP contribution in [-0.2, 0) is 16.0 Å². The average molecular weight is 503 g/mol. The van der Waals surface area contributed by atoms with Crippen LogP contribution in [-0.4, -0.2) is 29.1 Å². The summed E-state index contributed by atoms with van der Waals surface area (Å²) in [6.07, 6.45) is 4.06. The van der Waals surface area contributed by atoms with E-state index in [-0.39, 0.29) is 18.4 Å². The Hall–Kier alpha value is -3.87. The largest absolute Gasteiger partial charge is 0.491 e. The van der Waals surface area contributed by atoms with Gasteiger partial charge >= 0.3 is 0 Å². The number of halogens is 1. The minimum atomic E-state index is -1.15. The molecule has 0 bridgehead atoms. The van der Waals surface area contributed by atoms with Crippen LogP contribution in [0.15, 0.2) is 85.0 Å². The molecule has 1 atom stereocenters. The Bertz CT molecular complexity index is 1310. The Morgan fingerprint density at radius 3 is 2.42 bits per heavy atom. The number of aliphatic hydroxyl groups excluding tert-OH is 1. The molecule has 36 heavy (non-hydrogen) atoms. The zero-order chi connectivity index (χ0) is 25.7. The van der Waals surface area contributed by atoms with Crippen LogP contribution in [0.1, 0.15) is 30.5 Å². The number of allylic oxidation sites excluding steroid dienone is 2. The van der Waals surface area contributed by atoms with E-state index in [1.807, 2.05) is 68.5 Å². The quantitative estimate of drug-likeness (QED) is 0.289. The van der Waals surface area contributed by atoms with Gasteiger partial charge in [0.25, 0.3) is 5.91 Å². The van der Waals surface area contributed by atoms with Crippen LogP contribution in [0.2, 0.25) is 5.02 Å². The predicted molar refractivity (Wildman–Crippen MR) is 143 cm³/mol. The molecule has 1 unspecified atom stereocenters. The molecule has 1 aliphatic heterocycles. The highest BCUT2D eigenvalue weighted by molar-refractivity contribution is 6.30. The molecule has 0 radical (unpaired) electrons. The normalized spacial score (nSPS) is 15.5. The minimum absolute atomic E-state index is 0.0818. The van der Waals surface area contributed by atoms with Gasteiger partial charge in [0, 0.05) is 34.5 Å².